The van der Waals surface area contributed by atoms with E-state index in [0.29, 0.717) is 18.9 Å². The molecule has 4 nitrogen and oxygen atoms in total. The predicted octanol–water partition coefficient (Wildman–Crippen LogP) is 4.14. The summed E-state index contributed by atoms with van der Waals surface area (Å²) >= 11 is 0. The van der Waals surface area contributed by atoms with Crippen LogP contribution in [0.25, 0.3) is 0 Å². The summed E-state index contributed by atoms with van der Waals surface area (Å²) in [6, 6.07) is 17.7. The van der Waals surface area contributed by atoms with Crippen LogP contribution in [0.1, 0.15) is 31.2 Å². The summed E-state index contributed by atoms with van der Waals surface area (Å²) in [6.07, 6.45) is 3.73. The minimum absolute atomic E-state index is 0. The maximum atomic E-state index is 12.1. The summed E-state index contributed by atoms with van der Waals surface area (Å²) in [5.41, 5.74) is 7.94. The van der Waals surface area contributed by atoms with Gasteiger partial charge in [-0.3, -0.25) is 4.79 Å². The van der Waals surface area contributed by atoms with Crippen LogP contribution in [0.3, 0.4) is 0 Å². The van der Waals surface area contributed by atoms with Crippen LogP contribution < -0.4 is 15.8 Å². The SMILES string of the molecule is Cl.N[C@@H]1CCC[C@H]1CC(=O)Nc1ccc(OCc2ccccc2)cc1. The van der Waals surface area contributed by atoms with E-state index >= 15 is 0 Å². The first-order chi connectivity index (χ1) is 11.7. The normalized spacial score (nSPS) is 19.1. The van der Waals surface area contributed by atoms with Crippen molar-refractivity contribution in [1.29, 1.82) is 0 Å². The van der Waals surface area contributed by atoms with E-state index in [1.807, 2.05) is 54.6 Å². The largest absolute Gasteiger partial charge is 0.489 e. The molecule has 5 heteroatoms. The Morgan fingerprint density at radius 2 is 1.80 bits per heavy atom. The monoisotopic (exact) mass is 360 g/mol. The zero-order valence-corrected chi connectivity index (χ0v) is 15.0. The van der Waals surface area contributed by atoms with Crippen LogP contribution in [0.15, 0.2) is 54.6 Å². The molecule has 0 radical (unpaired) electrons. The highest BCUT2D eigenvalue weighted by Crippen LogP contribution is 2.27. The van der Waals surface area contributed by atoms with Gasteiger partial charge in [0.05, 0.1) is 0 Å². The lowest BCUT2D eigenvalue weighted by Gasteiger charge is -2.15. The van der Waals surface area contributed by atoms with Crippen LogP contribution in [0, 0.1) is 5.92 Å². The molecule has 0 aromatic heterocycles. The van der Waals surface area contributed by atoms with Crippen LogP contribution in [0.2, 0.25) is 0 Å². The Morgan fingerprint density at radius 1 is 1.08 bits per heavy atom. The van der Waals surface area contributed by atoms with Crippen molar-refractivity contribution >= 4 is 24.0 Å². The molecule has 1 aliphatic carbocycles. The van der Waals surface area contributed by atoms with Crippen molar-refractivity contribution < 1.29 is 9.53 Å². The van der Waals surface area contributed by atoms with E-state index in [1.54, 1.807) is 0 Å². The molecular weight excluding hydrogens is 336 g/mol. The smallest absolute Gasteiger partial charge is 0.224 e. The van der Waals surface area contributed by atoms with Gasteiger partial charge in [0, 0.05) is 18.2 Å². The zero-order chi connectivity index (χ0) is 16.8. The van der Waals surface area contributed by atoms with E-state index in [1.165, 1.54) is 0 Å². The van der Waals surface area contributed by atoms with Gasteiger partial charge in [-0.05, 0) is 48.6 Å². The fraction of sp³-hybridized carbons (Fsp3) is 0.350. The molecule has 2 atom stereocenters. The molecule has 134 valence electrons. The van der Waals surface area contributed by atoms with Gasteiger partial charge < -0.3 is 15.8 Å². The highest BCUT2D eigenvalue weighted by Gasteiger charge is 2.25. The number of halogens is 1. The highest BCUT2D eigenvalue weighted by molar-refractivity contribution is 5.90. The highest BCUT2D eigenvalue weighted by atomic mass is 35.5. The lowest BCUT2D eigenvalue weighted by molar-refractivity contribution is -0.117. The van der Waals surface area contributed by atoms with Gasteiger partial charge in [0.25, 0.3) is 0 Å². The number of rotatable bonds is 6. The number of nitrogens with two attached hydrogens (primary N) is 1. The summed E-state index contributed by atoms with van der Waals surface area (Å²) in [5.74, 6) is 1.14. The lowest BCUT2D eigenvalue weighted by atomic mass is 10.00. The van der Waals surface area contributed by atoms with Crippen molar-refractivity contribution in [2.24, 2.45) is 11.7 Å². The number of hydrogen-bond donors (Lipinski definition) is 2. The van der Waals surface area contributed by atoms with Gasteiger partial charge >= 0.3 is 0 Å². The number of carbonyl (C=O) groups is 1. The fourth-order valence-corrected chi connectivity index (χ4v) is 3.14. The molecule has 1 saturated carbocycles. The zero-order valence-electron chi connectivity index (χ0n) is 14.2. The third-order valence-corrected chi connectivity index (χ3v) is 4.55. The van der Waals surface area contributed by atoms with E-state index in [2.05, 4.69) is 5.32 Å². The molecule has 2 aromatic rings. The third kappa shape index (κ3) is 5.76. The topological polar surface area (TPSA) is 64.4 Å². The second kappa shape index (κ2) is 9.44. The number of hydrogen-bond acceptors (Lipinski definition) is 3. The van der Waals surface area contributed by atoms with Crippen molar-refractivity contribution in [3.63, 3.8) is 0 Å². The molecule has 3 rings (SSSR count). The average Bonchev–Trinajstić information content (AvgIpc) is 3.00. The molecule has 0 heterocycles. The molecule has 1 amide bonds. The van der Waals surface area contributed by atoms with Crippen molar-refractivity contribution in [1.82, 2.24) is 0 Å². The number of nitrogens with one attached hydrogen (secondary N) is 1. The molecular formula is C20H25ClN2O2. The molecule has 0 unspecified atom stereocenters. The van der Waals surface area contributed by atoms with Gasteiger partial charge in [0.1, 0.15) is 12.4 Å². The van der Waals surface area contributed by atoms with Crippen LogP contribution in [0.4, 0.5) is 5.69 Å². The Balaban J connectivity index is 0.00000225. The number of amides is 1. The van der Waals surface area contributed by atoms with Gasteiger partial charge in [0.2, 0.25) is 5.91 Å². The first-order valence-electron chi connectivity index (χ1n) is 8.53. The Bertz CT molecular complexity index is 661. The molecule has 1 fully saturated rings. The Labute approximate surface area is 155 Å². The van der Waals surface area contributed by atoms with Crippen molar-refractivity contribution in [3.05, 3.63) is 60.2 Å². The minimum atomic E-state index is 0. The number of ether oxygens (including phenoxy) is 1. The number of benzene rings is 2. The second-order valence-corrected chi connectivity index (χ2v) is 6.41. The summed E-state index contributed by atoms with van der Waals surface area (Å²) in [6.45, 7) is 0.534. The van der Waals surface area contributed by atoms with Gasteiger partial charge in [-0.15, -0.1) is 12.4 Å². The Hall–Kier alpha value is -2.04. The van der Waals surface area contributed by atoms with E-state index in [0.717, 1.165) is 36.3 Å². The van der Waals surface area contributed by atoms with E-state index < -0.39 is 0 Å². The molecule has 0 saturated heterocycles. The summed E-state index contributed by atoms with van der Waals surface area (Å²) in [4.78, 5) is 12.1. The van der Waals surface area contributed by atoms with Crippen molar-refractivity contribution in [2.75, 3.05) is 5.32 Å². The van der Waals surface area contributed by atoms with E-state index in [9.17, 15) is 4.79 Å². The van der Waals surface area contributed by atoms with Gasteiger partial charge in [-0.2, -0.15) is 0 Å². The third-order valence-electron chi connectivity index (χ3n) is 4.55. The first kappa shape index (κ1) is 19.3. The summed E-state index contributed by atoms with van der Waals surface area (Å²) in [5, 5.41) is 2.94. The van der Waals surface area contributed by atoms with Crippen LogP contribution in [-0.4, -0.2) is 11.9 Å². The van der Waals surface area contributed by atoms with Crippen LogP contribution in [0.5, 0.6) is 5.75 Å². The molecule has 25 heavy (non-hydrogen) atoms. The maximum Gasteiger partial charge on any atom is 0.224 e. The quantitative estimate of drug-likeness (QED) is 0.813. The maximum absolute atomic E-state index is 12.1. The van der Waals surface area contributed by atoms with Gasteiger partial charge in [0.15, 0.2) is 0 Å². The second-order valence-electron chi connectivity index (χ2n) is 6.41. The van der Waals surface area contributed by atoms with E-state index in [4.69, 9.17) is 10.5 Å². The standard InChI is InChI=1S/C20H24N2O2.ClH/c21-19-8-4-7-16(19)13-20(23)22-17-9-11-18(12-10-17)24-14-15-5-2-1-3-6-15;/h1-3,5-6,9-12,16,19H,4,7-8,13-14,21H2,(H,22,23);1H/t16-,19+;/m0./s1. The molecule has 0 bridgehead atoms. The summed E-state index contributed by atoms with van der Waals surface area (Å²) < 4.78 is 5.74. The Kier molecular flexibility index (Phi) is 7.29. The number of anilines is 1. The van der Waals surface area contributed by atoms with Gasteiger partial charge in [-0.1, -0.05) is 36.8 Å². The average molecular weight is 361 g/mol. The van der Waals surface area contributed by atoms with Crippen molar-refractivity contribution in [3.8, 4) is 5.75 Å². The molecule has 0 spiro atoms. The molecule has 0 aliphatic heterocycles. The molecule has 1 aliphatic rings. The first-order valence-corrected chi connectivity index (χ1v) is 8.53. The predicted molar refractivity (Wildman–Crippen MR) is 103 cm³/mol. The number of carbonyl (C=O) groups excluding carboxylic acids is 1. The van der Waals surface area contributed by atoms with Crippen LogP contribution in [-0.2, 0) is 11.4 Å². The minimum Gasteiger partial charge on any atom is -0.489 e. The van der Waals surface area contributed by atoms with E-state index in [-0.39, 0.29) is 24.4 Å². The lowest BCUT2D eigenvalue weighted by Crippen LogP contribution is -2.28. The molecule has 3 N–H and O–H groups in total. The fourth-order valence-electron chi connectivity index (χ4n) is 3.14. The van der Waals surface area contributed by atoms with Crippen molar-refractivity contribution in [2.45, 2.75) is 38.3 Å². The Morgan fingerprint density at radius 3 is 2.44 bits per heavy atom. The van der Waals surface area contributed by atoms with Gasteiger partial charge in [-0.25, -0.2) is 0 Å². The molecule has 2 aromatic carbocycles. The van der Waals surface area contributed by atoms with Crippen LogP contribution >= 0.6 is 12.4 Å². The summed E-state index contributed by atoms with van der Waals surface area (Å²) in [7, 11) is 0.